The molecule has 3 unspecified atom stereocenters. The molecule has 0 radical (unpaired) electrons. The average molecular weight is 2210 g/mol. The molecular weight excluding hydrogens is 2050 g/mol. The standard InChI is InChI=1S/C35H55N5O8S.C30H47N5O6S.C22H30N4O3S.C13H25NO6.CH3I.ClH/c1-24-29(49-23-39-24)26-10-8-25(9-11-26)21-38-31(42)28-20-27(41)22-40(28)32(43)30(34(2,3)4)36-12-14-45-16-18-47-19-17-46-15-13-37-33(44)48-35(5,6)7;1-21-26(42-20-34-21)23-7-5-22(6-8-23)18-33-28(37)25-17-24(36)19-35(25)29(38)27(30(2,3)4)32-10-12-40-14-16-41-15-13-39-11-9-31;1-13-18(30-12-25-13)15-7-5-14(6-8-15)10-24-20(28)17-9-16(27)11-26(17)21(29)19(23)22(2,3)4;1-13(2,3)20-12(16)14-4-6-17-8-10-19-11-9-18-7-5-15;1-2;/h8-11,23,27-28,30,36,41H,12-22H2,1-7H3,(H,37,44)(H,38,42);5-8,20,24-25,27,32,36H,9-19,31H2,1-4H3,(H,33,37);5-8,12,16-17,19,27H,9-11,23H2,1-4H3,(H,24,28);5H,4,6-11H2,1-3H3,(H,14,16);1H3;1H/t27-,28?,30-;24-,25?,27-;16-,17?,19-;;;/m111.../s1. The molecule has 3 aliphatic heterocycles. The summed E-state index contributed by atoms with van der Waals surface area (Å²) in [6, 6.07) is 19.9. The van der Waals surface area contributed by atoms with Gasteiger partial charge in [0.25, 0.3) is 0 Å². The van der Waals surface area contributed by atoms with Crippen LogP contribution in [-0.4, -0.2) is 341 Å². The molecule has 3 aromatic heterocycles. The highest BCUT2D eigenvalue weighted by atomic mass is 127. The number of β-amino-alcohol motifs (C(OH)–C–C–N with tert-alkyl or cyclic N) is 3. The second kappa shape index (κ2) is 67.1. The number of halogens is 2. The Labute approximate surface area is 882 Å². The molecule has 0 saturated carbocycles. The van der Waals surface area contributed by atoms with Crippen LogP contribution in [0.25, 0.3) is 31.3 Å². The molecule has 14 N–H and O–H groups in total. The van der Waals surface area contributed by atoms with E-state index in [2.05, 4.69) is 74.8 Å². The second-order valence-corrected chi connectivity index (χ2v) is 41.9. The van der Waals surface area contributed by atoms with Gasteiger partial charge < -0.3 is 136 Å². The number of thiazole rings is 3. The van der Waals surface area contributed by atoms with Gasteiger partial charge in [-0.05, 0) is 117 Å². The van der Waals surface area contributed by atoms with Gasteiger partial charge in [0.1, 0.15) is 42.2 Å². The largest absolute Gasteiger partial charge is 0.444 e. The number of hydrogen-bond acceptors (Lipinski definition) is 33. The van der Waals surface area contributed by atoms with E-state index in [1.807, 2.05) is 177 Å². The Kier molecular flexibility index (Phi) is 59.8. The average Bonchev–Trinajstić information content (AvgIpc) is 1.63. The second-order valence-electron chi connectivity index (χ2n) is 39.4. The minimum Gasteiger partial charge on any atom is -0.444 e. The van der Waals surface area contributed by atoms with Crippen LogP contribution in [0.5, 0.6) is 0 Å². The summed E-state index contributed by atoms with van der Waals surface area (Å²) in [7, 11) is 0. The van der Waals surface area contributed by atoms with E-state index in [1.165, 1.54) is 14.7 Å². The number of aliphatic hydroxyl groups excluding tert-OH is 3. The van der Waals surface area contributed by atoms with Crippen LogP contribution >= 0.6 is 69.0 Å². The smallest absolute Gasteiger partial charge is 0.407 e. The van der Waals surface area contributed by atoms with Gasteiger partial charge in [-0.1, -0.05) is 158 Å². The minimum absolute atomic E-state index is 0. The number of hydrogen-bond donors (Lipinski definition) is 12. The molecule has 3 fully saturated rings. The highest BCUT2D eigenvalue weighted by Crippen LogP contribution is 2.34. The lowest BCUT2D eigenvalue weighted by molar-refractivity contribution is -0.142. The number of carbonyl (C=O) groups excluding carboxylic acids is 9. The number of ether oxygens (including phenoxy) is 11. The molecule has 9 rings (SSSR count). The van der Waals surface area contributed by atoms with Crippen LogP contribution < -0.4 is 48.7 Å². The van der Waals surface area contributed by atoms with E-state index in [0.29, 0.717) is 171 Å². The molecule has 810 valence electrons. The number of nitrogens with zero attached hydrogens (tertiary/aromatic N) is 6. The lowest BCUT2D eigenvalue weighted by atomic mass is 9.85. The zero-order chi connectivity index (χ0) is 106. The number of alkyl halides is 1. The fourth-order valence-corrected chi connectivity index (χ4v) is 17.1. The van der Waals surface area contributed by atoms with Crippen LogP contribution in [0.4, 0.5) is 9.59 Å². The topological polar surface area (TPSA) is 500 Å². The third kappa shape index (κ3) is 48.5. The maximum Gasteiger partial charge on any atom is 0.407 e. The van der Waals surface area contributed by atoms with E-state index >= 15 is 0 Å². The fourth-order valence-electron chi connectivity index (χ4n) is 14.7. The fraction of sp³-hybridized carbons (Fsp3) is 0.644. The van der Waals surface area contributed by atoms with Crippen molar-refractivity contribution in [1.82, 2.24) is 66.9 Å². The Balaban J connectivity index is 0.000000414. The highest BCUT2D eigenvalue weighted by Gasteiger charge is 2.47. The molecule has 3 saturated heterocycles. The van der Waals surface area contributed by atoms with Gasteiger partial charge in [-0.2, -0.15) is 0 Å². The molecule has 8 amide bonds. The molecule has 0 aliphatic carbocycles. The Bertz CT molecular complexity index is 4710. The number of alkyl carbamates (subject to hydrolysis) is 2. The van der Waals surface area contributed by atoms with E-state index in [0.717, 1.165) is 65.1 Å². The van der Waals surface area contributed by atoms with Gasteiger partial charge in [0, 0.05) is 91.3 Å². The van der Waals surface area contributed by atoms with Gasteiger partial charge in [0.2, 0.25) is 35.4 Å². The summed E-state index contributed by atoms with van der Waals surface area (Å²) in [5.74, 6) is -1.56. The number of nitrogens with two attached hydrogens (primary N) is 2. The molecule has 43 heteroatoms. The van der Waals surface area contributed by atoms with Gasteiger partial charge in [-0.25, -0.2) is 24.5 Å². The van der Waals surface area contributed by atoms with Crippen molar-refractivity contribution in [2.45, 2.75) is 229 Å². The lowest BCUT2D eigenvalue weighted by Gasteiger charge is -2.35. The van der Waals surface area contributed by atoms with E-state index < -0.39 is 94.2 Å². The molecule has 3 aliphatic rings. The first-order valence-corrected chi connectivity index (χ1v) is 53.2. The van der Waals surface area contributed by atoms with Crippen molar-refractivity contribution < 1.29 is 111 Å². The third-order valence-corrected chi connectivity index (χ3v) is 24.9. The molecule has 6 aromatic rings. The van der Waals surface area contributed by atoms with Gasteiger partial charge in [-0.15, -0.1) is 46.4 Å². The van der Waals surface area contributed by atoms with Gasteiger partial charge in [-0.3, -0.25) is 28.8 Å². The maximum absolute atomic E-state index is 13.8. The first-order valence-electron chi connectivity index (χ1n) is 48.4. The van der Waals surface area contributed by atoms with Crippen molar-refractivity contribution in [2.75, 3.05) is 176 Å². The SMILES string of the molecule is CC(C)(C)OC(=O)NCCOCCOCCOCC=O.CI.Cc1ncsc1-c1ccc(CNC(=O)C2C[C@@H](O)CN2C(=O)[C@@H](N)C(C)(C)C)cc1.Cc1ncsc1-c1ccc(CNC(=O)C2C[C@@H](O)CN2C(=O)[C@@H](NCCOCCOCCOCCN)C(C)(C)C)cc1.Cc1ncsc1-c1ccc(CNC(=O)C2C[C@@H](O)CN2C(=O)[C@@H](NCCOCCOCCOCCNC(=O)OC(C)(C)C)C(C)(C)C)cc1.Cl. The number of nitrogens with one attached hydrogen (secondary N) is 7. The van der Waals surface area contributed by atoms with Crippen LogP contribution in [0.15, 0.2) is 89.3 Å². The Morgan fingerprint density at radius 3 is 0.917 bits per heavy atom. The van der Waals surface area contributed by atoms with E-state index in [1.54, 1.807) is 75.6 Å². The minimum atomic E-state index is -0.773. The van der Waals surface area contributed by atoms with Crippen molar-refractivity contribution >= 4 is 123 Å². The molecule has 38 nitrogen and oxygen atoms in total. The van der Waals surface area contributed by atoms with Crippen molar-refractivity contribution in [3.8, 4) is 31.3 Å². The van der Waals surface area contributed by atoms with Crippen LogP contribution in [-0.2, 0) is 105 Å². The van der Waals surface area contributed by atoms with Gasteiger partial charge in [0.15, 0.2) is 0 Å². The predicted octanol–water partition coefficient (Wildman–Crippen LogP) is 9.29. The Hall–Kier alpha value is -8.04. The lowest BCUT2D eigenvalue weighted by Crippen LogP contribution is -2.57. The van der Waals surface area contributed by atoms with Crippen molar-refractivity contribution in [3.63, 3.8) is 0 Å². The maximum atomic E-state index is 13.8. The van der Waals surface area contributed by atoms with E-state index in [-0.39, 0.29) is 93.4 Å². The number of aromatic nitrogens is 3. The van der Waals surface area contributed by atoms with Crippen molar-refractivity contribution in [3.05, 3.63) is 123 Å². The van der Waals surface area contributed by atoms with Gasteiger partial charge in [0.05, 0.1) is 197 Å². The molecular formula is C101H161ClIN15O23S3. The third-order valence-electron chi connectivity index (χ3n) is 22.0. The number of carbonyl (C=O) groups is 9. The number of likely N-dealkylation sites (tertiary alicyclic amines) is 3. The van der Waals surface area contributed by atoms with Crippen molar-refractivity contribution in [2.24, 2.45) is 27.7 Å². The molecule has 0 spiro atoms. The zero-order valence-corrected chi connectivity index (χ0v) is 92.8. The number of aliphatic hydroxyl groups is 3. The normalized spacial score (nSPS) is 16.9. The molecule has 3 aromatic carbocycles. The molecule has 0 bridgehead atoms. The first kappa shape index (κ1) is 128. The predicted molar refractivity (Wildman–Crippen MR) is 569 cm³/mol. The summed E-state index contributed by atoms with van der Waals surface area (Å²) in [5, 5.41) is 51.6. The van der Waals surface area contributed by atoms with Crippen LogP contribution in [0.1, 0.15) is 157 Å². The zero-order valence-electron chi connectivity index (χ0n) is 87.4. The molecule has 9 atom stereocenters. The van der Waals surface area contributed by atoms with Gasteiger partial charge >= 0.3 is 12.2 Å². The van der Waals surface area contributed by atoms with E-state index in [9.17, 15) is 58.5 Å². The number of aryl methyl sites for hydroxylation is 3. The van der Waals surface area contributed by atoms with Crippen LogP contribution in [0.3, 0.4) is 0 Å². The number of aldehydes is 1. The summed E-state index contributed by atoms with van der Waals surface area (Å²) in [5.41, 5.74) is 23.7. The Morgan fingerprint density at radius 2 is 0.667 bits per heavy atom. The summed E-state index contributed by atoms with van der Waals surface area (Å²) in [6.07, 6.45) is -1.87. The quantitative estimate of drug-likeness (QED) is 0.00732. The van der Waals surface area contributed by atoms with Crippen LogP contribution in [0.2, 0.25) is 0 Å². The number of amides is 8. The summed E-state index contributed by atoms with van der Waals surface area (Å²) >= 11 is 6.94. The summed E-state index contributed by atoms with van der Waals surface area (Å²) in [4.78, 5) is 135. The highest BCUT2D eigenvalue weighted by molar-refractivity contribution is 14.1. The number of rotatable bonds is 51. The first-order chi connectivity index (χ1) is 67.8. The molecule has 6 heterocycles. The molecule has 144 heavy (non-hydrogen) atoms. The monoisotopic (exact) mass is 2210 g/mol. The summed E-state index contributed by atoms with van der Waals surface area (Å²) < 4.78 is 58.5. The van der Waals surface area contributed by atoms with Crippen molar-refractivity contribution in [1.29, 1.82) is 0 Å². The van der Waals surface area contributed by atoms with E-state index in [4.69, 9.17) is 63.6 Å². The Morgan fingerprint density at radius 1 is 0.403 bits per heavy atom. The van der Waals surface area contributed by atoms with Crippen LogP contribution in [0, 0.1) is 37.0 Å². The summed E-state index contributed by atoms with van der Waals surface area (Å²) in [6.45, 7) is 44.9. The number of benzene rings is 3.